The van der Waals surface area contributed by atoms with Crippen molar-refractivity contribution in [2.75, 3.05) is 18.5 Å². The summed E-state index contributed by atoms with van der Waals surface area (Å²) in [4.78, 5) is 0. The number of aliphatic hydroxyl groups is 2. The number of aromatic nitrogens is 2. The van der Waals surface area contributed by atoms with Crippen LogP contribution in [0.5, 0.6) is 0 Å². The SMILES string of the molecule is Cc1nnc(NC(CO)CO)c(C#N)c1C. The molecule has 0 radical (unpaired) electrons. The Balaban J connectivity index is 3.06. The third kappa shape index (κ3) is 2.45. The molecule has 0 aliphatic carbocycles. The topological polar surface area (TPSA) is 102 Å². The molecular weight excluding hydrogens is 208 g/mol. The van der Waals surface area contributed by atoms with Gasteiger partial charge in [-0.15, -0.1) is 5.10 Å². The van der Waals surface area contributed by atoms with Gasteiger partial charge in [-0.25, -0.2) is 0 Å². The molecule has 0 amide bonds. The number of aryl methyl sites for hydroxylation is 1. The minimum atomic E-state index is -0.538. The Bertz CT molecular complexity index is 410. The Labute approximate surface area is 93.6 Å². The summed E-state index contributed by atoms with van der Waals surface area (Å²) in [5.41, 5.74) is 1.82. The van der Waals surface area contributed by atoms with E-state index in [1.165, 1.54) is 0 Å². The fourth-order valence-electron chi connectivity index (χ4n) is 1.19. The van der Waals surface area contributed by atoms with E-state index in [1.807, 2.05) is 6.07 Å². The Morgan fingerprint density at radius 2 is 1.94 bits per heavy atom. The van der Waals surface area contributed by atoms with Gasteiger partial charge in [0.2, 0.25) is 0 Å². The van der Waals surface area contributed by atoms with Crippen LogP contribution in [-0.2, 0) is 0 Å². The molecule has 0 fully saturated rings. The number of anilines is 1. The second kappa shape index (κ2) is 5.39. The minimum Gasteiger partial charge on any atom is -0.394 e. The maximum absolute atomic E-state index is 9.00. The van der Waals surface area contributed by atoms with Gasteiger partial charge in [-0.1, -0.05) is 0 Å². The van der Waals surface area contributed by atoms with Gasteiger partial charge < -0.3 is 15.5 Å². The van der Waals surface area contributed by atoms with E-state index in [-0.39, 0.29) is 13.2 Å². The zero-order valence-corrected chi connectivity index (χ0v) is 9.23. The van der Waals surface area contributed by atoms with Crippen LogP contribution in [0.2, 0.25) is 0 Å². The summed E-state index contributed by atoms with van der Waals surface area (Å²) in [5, 5.41) is 37.3. The molecule has 1 aromatic heterocycles. The number of nitrogens with one attached hydrogen (secondary N) is 1. The fourth-order valence-corrected chi connectivity index (χ4v) is 1.19. The molecule has 86 valence electrons. The molecule has 0 aliphatic heterocycles. The highest BCUT2D eigenvalue weighted by Gasteiger charge is 2.14. The first kappa shape index (κ1) is 12.4. The van der Waals surface area contributed by atoms with Crippen molar-refractivity contribution < 1.29 is 10.2 Å². The first-order chi connectivity index (χ1) is 7.63. The molecule has 0 atom stereocenters. The van der Waals surface area contributed by atoms with E-state index in [0.717, 1.165) is 5.56 Å². The van der Waals surface area contributed by atoms with E-state index in [9.17, 15) is 0 Å². The quantitative estimate of drug-likeness (QED) is 0.648. The van der Waals surface area contributed by atoms with E-state index < -0.39 is 6.04 Å². The molecular formula is C10H14N4O2. The summed E-state index contributed by atoms with van der Waals surface area (Å²) >= 11 is 0. The second-order valence-electron chi connectivity index (χ2n) is 3.45. The highest BCUT2D eigenvalue weighted by atomic mass is 16.3. The third-order valence-corrected chi connectivity index (χ3v) is 2.35. The van der Waals surface area contributed by atoms with Gasteiger partial charge in [0.15, 0.2) is 5.82 Å². The van der Waals surface area contributed by atoms with E-state index in [2.05, 4.69) is 15.5 Å². The predicted octanol–water partition coefficient (Wildman–Crippen LogP) is -0.270. The van der Waals surface area contributed by atoms with Crippen molar-refractivity contribution in [3.05, 3.63) is 16.8 Å². The number of hydrogen-bond donors (Lipinski definition) is 3. The molecule has 3 N–H and O–H groups in total. The fraction of sp³-hybridized carbons (Fsp3) is 0.500. The maximum Gasteiger partial charge on any atom is 0.167 e. The molecule has 0 saturated carbocycles. The van der Waals surface area contributed by atoms with Crippen molar-refractivity contribution in [1.82, 2.24) is 10.2 Å². The number of nitriles is 1. The molecule has 1 aromatic rings. The lowest BCUT2D eigenvalue weighted by Gasteiger charge is -2.15. The van der Waals surface area contributed by atoms with Crippen molar-refractivity contribution >= 4 is 5.82 Å². The van der Waals surface area contributed by atoms with Crippen LogP contribution in [0.4, 0.5) is 5.82 Å². The number of nitrogens with zero attached hydrogens (tertiary/aromatic N) is 3. The summed E-state index contributed by atoms with van der Waals surface area (Å²) in [6, 6.07) is 1.49. The summed E-state index contributed by atoms with van der Waals surface area (Å²) in [6.45, 7) is 3.06. The van der Waals surface area contributed by atoms with Gasteiger partial charge in [-0.05, 0) is 19.4 Å². The van der Waals surface area contributed by atoms with Crippen molar-refractivity contribution in [3.63, 3.8) is 0 Å². The summed E-state index contributed by atoms with van der Waals surface area (Å²) in [6.07, 6.45) is 0. The third-order valence-electron chi connectivity index (χ3n) is 2.35. The van der Waals surface area contributed by atoms with Crippen LogP contribution in [0.25, 0.3) is 0 Å². The Morgan fingerprint density at radius 3 is 2.44 bits per heavy atom. The van der Waals surface area contributed by atoms with Crippen LogP contribution < -0.4 is 5.32 Å². The molecule has 0 bridgehead atoms. The Kier molecular flexibility index (Phi) is 4.17. The van der Waals surface area contributed by atoms with Crippen molar-refractivity contribution in [2.45, 2.75) is 19.9 Å². The van der Waals surface area contributed by atoms with Crippen LogP contribution in [-0.4, -0.2) is 39.7 Å². The van der Waals surface area contributed by atoms with Crippen LogP contribution in [0.1, 0.15) is 16.8 Å². The van der Waals surface area contributed by atoms with E-state index >= 15 is 0 Å². The summed E-state index contributed by atoms with van der Waals surface area (Å²) in [7, 11) is 0. The van der Waals surface area contributed by atoms with Crippen LogP contribution in [0, 0.1) is 25.2 Å². The summed E-state index contributed by atoms with van der Waals surface area (Å²) in [5.74, 6) is 0.290. The van der Waals surface area contributed by atoms with Crippen LogP contribution in [0.15, 0.2) is 0 Å². The first-order valence-electron chi connectivity index (χ1n) is 4.86. The lowest BCUT2D eigenvalue weighted by molar-refractivity contribution is 0.203. The average molecular weight is 222 g/mol. The van der Waals surface area contributed by atoms with Crippen LogP contribution in [0.3, 0.4) is 0 Å². The molecule has 0 saturated heterocycles. The molecule has 6 nitrogen and oxygen atoms in total. The van der Waals surface area contributed by atoms with E-state index in [0.29, 0.717) is 17.1 Å². The van der Waals surface area contributed by atoms with Gasteiger partial charge >= 0.3 is 0 Å². The molecule has 16 heavy (non-hydrogen) atoms. The zero-order chi connectivity index (χ0) is 12.1. The van der Waals surface area contributed by atoms with E-state index in [1.54, 1.807) is 13.8 Å². The lowest BCUT2D eigenvalue weighted by Crippen LogP contribution is -2.29. The first-order valence-corrected chi connectivity index (χ1v) is 4.86. The zero-order valence-electron chi connectivity index (χ0n) is 9.23. The van der Waals surface area contributed by atoms with Gasteiger partial charge in [0.25, 0.3) is 0 Å². The monoisotopic (exact) mass is 222 g/mol. The number of aliphatic hydroxyl groups excluding tert-OH is 2. The highest BCUT2D eigenvalue weighted by molar-refractivity contribution is 5.56. The largest absolute Gasteiger partial charge is 0.394 e. The predicted molar refractivity (Wildman–Crippen MR) is 57.8 cm³/mol. The molecule has 6 heteroatoms. The summed E-state index contributed by atoms with van der Waals surface area (Å²) < 4.78 is 0. The Morgan fingerprint density at radius 1 is 1.31 bits per heavy atom. The molecule has 1 rings (SSSR count). The van der Waals surface area contributed by atoms with Gasteiger partial charge in [0.05, 0.1) is 24.9 Å². The van der Waals surface area contributed by atoms with Gasteiger partial charge in [0, 0.05) is 0 Å². The molecule has 0 aliphatic rings. The van der Waals surface area contributed by atoms with Gasteiger partial charge in [-0.3, -0.25) is 0 Å². The van der Waals surface area contributed by atoms with Gasteiger partial charge in [-0.2, -0.15) is 10.4 Å². The molecule has 0 unspecified atom stereocenters. The second-order valence-corrected chi connectivity index (χ2v) is 3.45. The molecule has 0 aromatic carbocycles. The van der Waals surface area contributed by atoms with Gasteiger partial charge in [0.1, 0.15) is 11.6 Å². The van der Waals surface area contributed by atoms with Crippen LogP contribution >= 0.6 is 0 Å². The van der Waals surface area contributed by atoms with E-state index in [4.69, 9.17) is 15.5 Å². The minimum absolute atomic E-state index is 0.240. The average Bonchev–Trinajstić information content (AvgIpc) is 2.30. The number of rotatable bonds is 4. The highest BCUT2D eigenvalue weighted by Crippen LogP contribution is 2.17. The normalized spacial score (nSPS) is 10.2. The van der Waals surface area contributed by atoms with Crippen molar-refractivity contribution in [1.29, 1.82) is 5.26 Å². The van der Waals surface area contributed by atoms with Crippen molar-refractivity contribution in [2.24, 2.45) is 0 Å². The Hall–Kier alpha value is -1.71. The smallest absolute Gasteiger partial charge is 0.167 e. The molecule has 1 heterocycles. The lowest BCUT2D eigenvalue weighted by atomic mass is 10.1. The number of hydrogen-bond acceptors (Lipinski definition) is 6. The van der Waals surface area contributed by atoms with Crippen molar-refractivity contribution in [3.8, 4) is 6.07 Å². The maximum atomic E-state index is 9.00. The standard InChI is InChI=1S/C10H14N4O2/c1-6-7(2)13-14-10(9(6)3-11)12-8(4-15)5-16/h8,15-16H,4-5H2,1-2H3,(H,12,14). The molecule has 0 spiro atoms.